The zero-order chi connectivity index (χ0) is 48.0. The molecule has 1 spiro atoms. The molecule has 19 heteroatoms. The number of anilines is 1. The highest BCUT2D eigenvalue weighted by molar-refractivity contribution is 7.21. The van der Waals surface area contributed by atoms with Crippen molar-refractivity contribution in [2.75, 3.05) is 92.2 Å². The lowest BCUT2D eigenvalue weighted by molar-refractivity contribution is -0.136. The third-order valence-electron chi connectivity index (χ3n) is 14.2. The van der Waals surface area contributed by atoms with Crippen LogP contribution < -0.4 is 30.6 Å². The number of aromatic nitrogens is 1. The van der Waals surface area contributed by atoms with Crippen LogP contribution in [0.5, 0.6) is 11.5 Å². The number of aryl methyl sites for hydroxylation is 1. The monoisotopic (exact) mass is 950 g/mol. The van der Waals surface area contributed by atoms with Crippen LogP contribution in [0.4, 0.5) is 5.69 Å². The van der Waals surface area contributed by atoms with Gasteiger partial charge in [0.2, 0.25) is 17.7 Å². The molecule has 0 bridgehead atoms. The van der Waals surface area contributed by atoms with E-state index in [1.54, 1.807) is 45.7 Å². The first-order valence-electron chi connectivity index (χ1n) is 23.2. The molecule has 0 radical (unpaired) electrons. The zero-order valence-corrected chi connectivity index (χ0v) is 40.0. The fourth-order valence-corrected chi connectivity index (χ4v) is 11.5. The number of carbonyl (C=O) groups excluding carboxylic acids is 6. The molecule has 7 heterocycles. The maximum Gasteiger partial charge on any atom is 0.262 e. The van der Waals surface area contributed by atoms with Crippen molar-refractivity contribution in [2.45, 2.75) is 57.2 Å². The second-order valence-corrected chi connectivity index (χ2v) is 19.9. The Morgan fingerprint density at radius 1 is 0.912 bits per heavy atom. The summed E-state index contributed by atoms with van der Waals surface area (Å²) in [6.07, 6.45) is 4.67. The van der Waals surface area contributed by atoms with Gasteiger partial charge in [0.15, 0.2) is 0 Å². The highest BCUT2D eigenvalue weighted by Gasteiger charge is 2.45. The van der Waals surface area contributed by atoms with Crippen molar-refractivity contribution in [1.82, 2.24) is 34.8 Å². The van der Waals surface area contributed by atoms with Gasteiger partial charge in [0, 0.05) is 101 Å². The standard InChI is InChI=1S/C49H58N8O10S/c1-52(2)26-36-38(65-4)20-29(21-39(36)66-5)35-27-53(3)46(62)34-23-40(68-43(34)35)45(61)50-25-31-24-49(28-67-31)11-14-56(15-12-49)42(59)10-13-54-16-18-55(19-17-54)30-6-7-32-33(22-30)48(64)57(47(32)63)37-8-9-41(58)51-44(37)60/h6-7,20-23,27,31,37H,8-19,24-26,28H2,1-5H3,(H,50,61)(H,51,58,60). The van der Waals surface area contributed by atoms with E-state index >= 15 is 0 Å². The average Bonchev–Trinajstić information content (AvgIpc) is 4.03. The van der Waals surface area contributed by atoms with Gasteiger partial charge in [-0.15, -0.1) is 11.3 Å². The van der Waals surface area contributed by atoms with Crippen LogP contribution in [0.2, 0.25) is 0 Å². The molecule has 68 heavy (non-hydrogen) atoms. The topological polar surface area (TPSA) is 192 Å². The van der Waals surface area contributed by atoms with Crippen molar-refractivity contribution < 1.29 is 43.0 Å². The van der Waals surface area contributed by atoms with Crippen LogP contribution >= 0.6 is 11.3 Å². The summed E-state index contributed by atoms with van der Waals surface area (Å²) >= 11 is 1.28. The van der Waals surface area contributed by atoms with Crippen LogP contribution in [0.25, 0.3) is 21.2 Å². The van der Waals surface area contributed by atoms with Gasteiger partial charge in [-0.3, -0.25) is 48.7 Å². The van der Waals surface area contributed by atoms with E-state index < -0.39 is 29.7 Å². The molecule has 0 aliphatic carbocycles. The normalized spacial score (nSPS) is 20.7. The number of ether oxygens (including phenoxy) is 3. The van der Waals surface area contributed by atoms with Crippen LogP contribution in [0.15, 0.2) is 47.4 Å². The van der Waals surface area contributed by atoms with Gasteiger partial charge in [0.25, 0.3) is 23.3 Å². The van der Waals surface area contributed by atoms with Gasteiger partial charge >= 0.3 is 0 Å². The number of likely N-dealkylation sites (tertiary alicyclic amines) is 1. The number of carbonyl (C=O) groups is 6. The lowest BCUT2D eigenvalue weighted by atomic mass is 9.76. The van der Waals surface area contributed by atoms with Crippen molar-refractivity contribution in [3.05, 3.63) is 74.5 Å². The molecule has 4 aromatic rings. The summed E-state index contributed by atoms with van der Waals surface area (Å²) in [4.78, 5) is 101. The van der Waals surface area contributed by atoms with Crippen molar-refractivity contribution >= 4 is 62.6 Å². The molecule has 9 rings (SSSR count). The Morgan fingerprint density at radius 3 is 2.29 bits per heavy atom. The van der Waals surface area contributed by atoms with E-state index in [4.69, 9.17) is 14.2 Å². The molecule has 6 amide bonds. The molecule has 2 aromatic carbocycles. The predicted molar refractivity (Wildman–Crippen MR) is 254 cm³/mol. The van der Waals surface area contributed by atoms with Gasteiger partial charge < -0.3 is 38.8 Å². The van der Waals surface area contributed by atoms with Crippen LogP contribution in [0, 0.1) is 5.41 Å². The van der Waals surface area contributed by atoms with Gasteiger partial charge in [-0.25, -0.2) is 0 Å². The van der Waals surface area contributed by atoms with E-state index in [2.05, 4.69) is 20.4 Å². The largest absolute Gasteiger partial charge is 0.496 e. The van der Waals surface area contributed by atoms with E-state index in [1.165, 1.54) is 15.9 Å². The number of fused-ring (bicyclic) bond motifs is 2. The maximum absolute atomic E-state index is 13.6. The summed E-state index contributed by atoms with van der Waals surface area (Å²) < 4.78 is 20.0. The smallest absolute Gasteiger partial charge is 0.262 e. The number of imide groups is 2. The average molecular weight is 951 g/mol. The summed E-state index contributed by atoms with van der Waals surface area (Å²) in [5.41, 5.74) is 3.60. The predicted octanol–water partition coefficient (Wildman–Crippen LogP) is 3.09. The van der Waals surface area contributed by atoms with Crippen molar-refractivity contribution in [3.8, 4) is 22.6 Å². The third kappa shape index (κ3) is 9.11. The summed E-state index contributed by atoms with van der Waals surface area (Å²) in [6, 6.07) is 9.73. The zero-order valence-electron chi connectivity index (χ0n) is 39.2. The molecule has 2 N–H and O–H groups in total. The minimum atomic E-state index is -1.01. The van der Waals surface area contributed by atoms with Crippen molar-refractivity contribution in [1.29, 1.82) is 0 Å². The van der Waals surface area contributed by atoms with Crippen LogP contribution in [-0.2, 0) is 32.7 Å². The van der Waals surface area contributed by atoms with Gasteiger partial charge in [0.05, 0.1) is 53.9 Å². The fraction of sp³-hybridized carbons (Fsp3) is 0.490. The summed E-state index contributed by atoms with van der Waals surface area (Å²) in [7, 11) is 8.90. The van der Waals surface area contributed by atoms with Crippen molar-refractivity contribution in [2.24, 2.45) is 12.5 Å². The number of amides is 6. The Bertz CT molecular complexity index is 2730. The Kier molecular flexibility index (Phi) is 13.2. The van der Waals surface area contributed by atoms with Gasteiger partial charge in [0.1, 0.15) is 17.5 Å². The molecule has 360 valence electrons. The number of thiophene rings is 1. The molecular formula is C49H58N8O10S. The van der Waals surface area contributed by atoms with Gasteiger partial charge in [-0.05, 0) is 87.2 Å². The molecule has 4 fully saturated rings. The first kappa shape index (κ1) is 46.9. The quantitative estimate of drug-likeness (QED) is 0.186. The number of hydrogen-bond acceptors (Lipinski definition) is 14. The lowest BCUT2D eigenvalue weighted by Gasteiger charge is -2.39. The van der Waals surface area contributed by atoms with E-state index in [1.807, 2.05) is 42.1 Å². The third-order valence-corrected chi connectivity index (χ3v) is 15.4. The fourth-order valence-electron chi connectivity index (χ4n) is 10.4. The molecule has 2 unspecified atom stereocenters. The van der Waals surface area contributed by atoms with Crippen LogP contribution in [0.1, 0.15) is 74.5 Å². The van der Waals surface area contributed by atoms with E-state index in [-0.39, 0.29) is 52.9 Å². The Balaban J connectivity index is 0.736. The van der Waals surface area contributed by atoms with Crippen LogP contribution in [-0.4, -0.2) is 159 Å². The SMILES string of the molecule is COc1cc(-c2cn(C)c(=O)c3cc(C(=O)NCC4CC5(CCN(C(=O)CCN6CCN(c7ccc8c(c7)C(=O)N(C7CCC(=O)NC7=O)C8=O)CC6)CC5)CO4)sc23)cc(OC)c1CN(C)C. The first-order valence-corrected chi connectivity index (χ1v) is 24.0. The molecule has 0 saturated carbocycles. The molecule has 5 aliphatic rings. The number of piperidine rings is 2. The number of piperazine rings is 1. The van der Waals surface area contributed by atoms with Gasteiger partial charge in [-0.1, -0.05) is 0 Å². The van der Waals surface area contributed by atoms with E-state index in [0.29, 0.717) is 85.3 Å². The molecular weight excluding hydrogens is 893 g/mol. The van der Waals surface area contributed by atoms with Crippen molar-refractivity contribution in [3.63, 3.8) is 0 Å². The maximum atomic E-state index is 13.6. The number of nitrogens with zero attached hydrogens (tertiary/aromatic N) is 6. The number of methoxy groups -OCH3 is 2. The molecule has 4 saturated heterocycles. The van der Waals surface area contributed by atoms with E-state index in [9.17, 15) is 33.6 Å². The Labute approximate surface area is 398 Å². The van der Waals surface area contributed by atoms with Gasteiger partial charge in [-0.2, -0.15) is 0 Å². The Hall–Kier alpha value is -6.15. The highest BCUT2D eigenvalue weighted by atomic mass is 32.1. The number of pyridine rings is 1. The number of hydrogen-bond donors (Lipinski definition) is 2. The minimum Gasteiger partial charge on any atom is -0.496 e. The molecule has 2 atom stereocenters. The van der Waals surface area contributed by atoms with E-state index in [0.717, 1.165) is 59.6 Å². The summed E-state index contributed by atoms with van der Waals surface area (Å²) in [5.74, 6) is -0.892. The summed E-state index contributed by atoms with van der Waals surface area (Å²) in [5, 5.41) is 5.76. The molecule has 5 aliphatic heterocycles. The summed E-state index contributed by atoms with van der Waals surface area (Å²) in [6.45, 7) is 6.32. The second-order valence-electron chi connectivity index (χ2n) is 18.9. The number of nitrogens with one attached hydrogen (secondary N) is 2. The number of benzene rings is 2. The van der Waals surface area contributed by atoms with Crippen LogP contribution in [0.3, 0.4) is 0 Å². The second kappa shape index (κ2) is 19.1. The molecule has 18 nitrogen and oxygen atoms in total. The first-order chi connectivity index (χ1) is 32.6. The number of rotatable bonds is 13. The minimum absolute atomic E-state index is 0.0515. The molecule has 2 aromatic heterocycles. The highest BCUT2D eigenvalue weighted by Crippen LogP contribution is 2.43. The lowest BCUT2D eigenvalue weighted by Crippen LogP contribution is -2.54. The Morgan fingerprint density at radius 2 is 1.62 bits per heavy atom.